The van der Waals surface area contributed by atoms with Crippen LogP contribution in [0.2, 0.25) is 0 Å². The van der Waals surface area contributed by atoms with E-state index in [1.54, 1.807) is 6.20 Å². The van der Waals surface area contributed by atoms with Crippen LogP contribution in [0, 0.1) is 6.92 Å². The largest absolute Gasteiger partial charge is 0.399 e. The second kappa shape index (κ2) is 5.52. The van der Waals surface area contributed by atoms with Crippen molar-refractivity contribution >= 4 is 11.6 Å². The number of aryl methyl sites for hydroxylation is 1. The van der Waals surface area contributed by atoms with E-state index >= 15 is 0 Å². The average Bonchev–Trinajstić information content (AvgIpc) is 2.39. The van der Waals surface area contributed by atoms with E-state index in [-0.39, 0.29) is 11.9 Å². The smallest absolute Gasteiger partial charge is 0.270 e. The van der Waals surface area contributed by atoms with Gasteiger partial charge in [0.2, 0.25) is 0 Å². The lowest BCUT2D eigenvalue weighted by atomic mass is 10.1. The summed E-state index contributed by atoms with van der Waals surface area (Å²) < 4.78 is 0. The summed E-state index contributed by atoms with van der Waals surface area (Å²) in [6.07, 6.45) is 1.62. The van der Waals surface area contributed by atoms with Gasteiger partial charge in [0.05, 0.1) is 6.04 Å². The van der Waals surface area contributed by atoms with Gasteiger partial charge in [-0.25, -0.2) is 0 Å². The molecule has 4 heteroatoms. The molecule has 1 unspecified atom stereocenters. The predicted octanol–water partition coefficient (Wildman–Crippen LogP) is 2.46. The Bertz CT molecular complexity index is 578. The van der Waals surface area contributed by atoms with E-state index in [1.165, 1.54) is 0 Å². The molecule has 0 aliphatic rings. The minimum atomic E-state index is -0.164. The monoisotopic (exact) mass is 255 g/mol. The van der Waals surface area contributed by atoms with Crippen molar-refractivity contribution in [2.24, 2.45) is 0 Å². The standard InChI is InChI=1S/C15H17N3O/c1-10-4-3-9-17-14(10)15(19)18-11(2)12-5-7-13(16)8-6-12/h3-9,11H,16H2,1-2H3,(H,18,19). The van der Waals surface area contributed by atoms with E-state index in [4.69, 9.17) is 5.73 Å². The number of pyridine rings is 1. The van der Waals surface area contributed by atoms with Crippen molar-refractivity contribution in [1.29, 1.82) is 0 Å². The van der Waals surface area contributed by atoms with Crippen LogP contribution in [0.15, 0.2) is 42.6 Å². The molecule has 0 radical (unpaired) electrons. The highest BCUT2D eigenvalue weighted by atomic mass is 16.1. The number of amides is 1. The number of nitrogens with two attached hydrogens (primary N) is 1. The number of rotatable bonds is 3. The maximum Gasteiger partial charge on any atom is 0.270 e. The van der Waals surface area contributed by atoms with Crippen LogP contribution in [-0.4, -0.2) is 10.9 Å². The van der Waals surface area contributed by atoms with Crippen molar-refractivity contribution in [1.82, 2.24) is 10.3 Å². The molecule has 0 saturated carbocycles. The summed E-state index contributed by atoms with van der Waals surface area (Å²) in [4.78, 5) is 16.2. The van der Waals surface area contributed by atoms with Crippen LogP contribution >= 0.6 is 0 Å². The molecule has 19 heavy (non-hydrogen) atoms. The number of carbonyl (C=O) groups is 1. The molecule has 0 aliphatic carbocycles. The Balaban J connectivity index is 2.11. The van der Waals surface area contributed by atoms with Crippen molar-refractivity contribution in [2.45, 2.75) is 19.9 Å². The number of nitrogen functional groups attached to an aromatic ring is 1. The molecule has 2 rings (SSSR count). The topological polar surface area (TPSA) is 68.0 Å². The maximum atomic E-state index is 12.1. The second-order valence-corrected chi connectivity index (χ2v) is 4.53. The zero-order valence-corrected chi connectivity index (χ0v) is 11.1. The summed E-state index contributed by atoms with van der Waals surface area (Å²) in [5, 5.41) is 2.93. The van der Waals surface area contributed by atoms with Crippen LogP contribution in [-0.2, 0) is 0 Å². The molecule has 3 N–H and O–H groups in total. The van der Waals surface area contributed by atoms with Gasteiger partial charge in [-0.1, -0.05) is 18.2 Å². The highest BCUT2D eigenvalue weighted by Gasteiger charge is 2.13. The molecule has 1 aromatic carbocycles. The van der Waals surface area contributed by atoms with Crippen LogP contribution in [0.5, 0.6) is 0 Å². The van der Waals surface area contributed by atoms with E-state index in [0.717, 1.165) is 11.1 Å². The van der Waals surface area contributed by atoms with Gasteiger partial charge in [0.1, 0.15) is 5.69 Å². The van der Waals surface area contributed by atoms with Crippen LogP contribution in [0.1, 0.15) is 34.6 Å². The first-order valence-corrected chi connectivity index (χ1v) is 6.16. The quantitative estimate of drug-likeness (QED) is 0.828. The van der Waals surface area contributed by atoms with Gasteiger partial charge < -0.3 is 11.1 Å². The highest BCUT2D eigenvalue weighted by Crippen LogP contribution is 2.15. The highest BCUT2D eigenvalue weighted by molar-refractivity contribution is 5.93. The number of hydrogen-bond donors (Lipinski definition) is 2. The fourth-order valence-corrected chi connectivity index (χ4v) is 1.86. The predicted molar refractivity (Wildman–Crippen MR) is 75.7 cm³/mol. The van der Waals surface area contributed by atoms with Crippen molar-refractivity contribution in [3.63, 3.8) is 0 Å². The zero-order chi connectivity index (χ0) is 13.8. The fourth-order valence-electron chi connectivity index (χ4n) is 1.86. The van der Waals surface area contributed by atoms with Gasteiger partial charge in [-0.15, -0.1) is 0 Å². The first-order chi connectivity index (χ1) is 9.08. The molecule has 98 valence electrons. The third-order valence-corrected chi connectivity index (χ3v) is 3.01. The van der Waals surface area contributed by atoms with Gasteiger partial charge >= 0.3 is 0 Å². The Hall–Kier alpha value is -2.36. The van der Waals surface area contributed by atoms with E-state index in [1.807, 2.05) is 50.2 Å². The third-order valence-electron chi connectivity index (χ3n) is 3.01. The average molecular weight is 255 g/mol. The molecule has 0 spiro atoms. The Morgan fingerprint density at radius 1 is 1.26 bits per heavy atom. The molecular weight excluding hydrogens is 238 g/mol. The van der Waals surface area contributed by atoms with Crippen LogP contribution in [0.25, 0.3) is 0 Å². The first-order valence-electron chi connectivity index (χ1n) is 6.16. The lowest BCUT2D eigenvalue weighted by Gasteiger charge is -2.15. The molecule has 0 saturated heterocycles. The SMILES string of the molecule is Cc1cccnc1C(=O)NC(C)c1ccc(N)cc1. The molecule has 1 atom stereocenters. The molecule has 0 bridgehead atoms. The number of anilines is 1. The molecule has 0 aliphatic heterocycles. The summed E-state index contributed by atoms with van der Waals surface area (Å²) >= 11 is 0. The number of hydrogen-bond acceptors (Lipinski definition) is 3. The van der Waals surface area contributed by atoms with Crippen LogP contribution in [0.4, 0.5) is 5.69 Å². The Morgan fingerprint density at radius 2 is 1.95 bits per heavy atom. The van der Waals surface area contributed by atoms with Gasteiger partial charge in [-0.3, -0.25) is 9.78 Å². The van der Waals surface area contributed by atoms with Crippen molar-refractivity contribution < 1.29 is 4.79 Å². The van der Waals surface area contributed by atoms with Crippen LogP contribution < -0.4 is 11.1 Å². The van der Waals surface area contributed by atoms with Crippen molar-refractivity contribution in [3.05, 3.63) is 59.4 Å². The van der Waals surface area contributed by atoms with Gasteiger partial charge in [0.25, 0.3) is 5.91 Å². The summed E-state index contributed by atoms with van der Waals surface area (Å²) in [6, 6.07) is 11.1. The first kappa shape index (κ1) is 13.1. The van der Waals surface area contributed by atoms with E-state index < -0.39 is 0 Å². The molecular formula is C15H17N3O. The summed E-state index contributed by atoms with van der Waals surface area (Å²) in [7, 11) is 0. The molecule has 1 heterocycles. The van der Waals surface area contributed by atoms with Crippen molar-refractivity contribution in [2.75, 3.05) is 5.73 Å². The van der Waals surface area contributed by atoms with E-state index in [2.05, 4.69) is 10.3 Å². The fraction of sp³-hybridized carbons (Fsp3) is 0.200. The minimum Gasteiger partial charge on any atom is -0.399 e. The van der Waals surface area contributed by atoms with Crippen LogP contribution in [0.3, 0.4) is 0 Å². The van der Waals surface area contributed by atoms with Gasteiger partial charge in [0, 0.05) is 11.9 Å². The summed E-state index contributed by atoms with van der Waals surface area (Å²) in [5.74, 6) is -0.164. The third kappa shape index (κ3) is 3.10. The molecule has 4 nitrogen and oxygen atoms in total. The molecule has 1 amide bonds. The zero-order valence-electron chi connectivity index (χ0n) is 11.1. The number of benzene rings is 1. The Kier molecular flexibility index (Phi) is 3.80. The van der Waals surface area contributed by atoms with Crippen molar-refractivity contribution in [3.8, 4) is 0 Å². The van der Waals surface area contributed by atoms with E-state index in [9.17, 15) is 4.79 Å². The number of nitrogens with one attached hydrogen (secondary N) is 1. The Morgan fingerprint density at radius 3 is 2.58 bits per heavy atom. The minimum absolute atomic E-state index is 0.0884. The summed E-state index contributed by atoms with van der Waals surface area (Å²) in [5.41, 5.74) is 8.69. The lowest BCUT2D eigenvalue weighted by molar-refractivity contribution is 0.0934. The van der Waals surface area contributed by atoms with Gasteiger partial charge in [0.15, 0.2) is 0 Å². The normalized spacial score (nSPS) is 11.9. The van der Waals surface area contributed by atoms with Gasteiger partial charge in [-0.05, 0) is 43.2 Å². The second-order valence-electron chi connectivity index (χ2n) is 4.53. The summed E-state index contributed by atoms with van der Waals surface area (Å²) in [6.45, 7) is 3.80. The van der Waals surface area contributed by atoms with E-state index in [0.29, 0.717) is 11.4 Å². The Labute approximate surface area is 112 Å². The van der Waals surface area contributed by atoms with Gasteiger partial charge in [-0.2, -0.15) is 0 Å². The number of carbonyl (C=O) groups excluding carboxylic acids is 1. The lowest BCUT2D eigenvalue weighted by Crippen LogP contribution is -2.28. The molecule has 1 aromatic heterocycles. The molecule has 2 aromatic rings. The maximum absolute atomic E-state index is 12.1. The molecule has 0 fully saturated rings. The number of nitrogens with zero attached hydrogens (tertiary/aromatic N) is 1. The number of aromatic nitrogens is 1.